The SMILES string of the molecule is CCNC(=O)Nc1cc2cc(-c3cnc(C4(O)CCSCC4)nc3)cc(-c3ccccn3)c2s1. The first kappa shape index (κ1) is 22.8. The van der Waals surface area contributed by atoms with Gasteiger partial charge in [-0.2, -0.15) is 11.8 Å². The normalized spacial score (nSPS) is 15.2. The van der Waals surface area contributed by atoms with E-state index in [1.54, 1.807) is 18.6 Å². The first-order valence-corrected chi connectivity index (χ1v) is 13.2. The Hall–Kier alpha value is -3.01. The van der Waals surface area contributed by atoms with Gasteiger partial charge in [-0.05, 0) is 72.6 Å². The summed E-state index contributed by atoms with van der Waals surface area (Å²) in [5.41, 5.74) is 2.70. The van der Waals surface area contributed by atoms with Crippen molar-refractivity contribution < 1.29 is 9.90 Å². The molecular formula is C25H25N5O2S2. The Morgan fingerprint density at radius 3 is 2.59 bits per heavy atom. The maximum atomic E-state index is 12.1. The van der Waals surface area contributed by atoms with Crippen LogP contribution < -0.4 is 10.6 Å². The molecule has 1 aromatic carbocycles. The summed E-state index contributed by atoms with van der Waals surface area (Å²) in [4.78, 5) is 25.7. The number of amides is 2. The molecule has 4 heterocycles. The predicted molar refractivity (Wildman–Crippen MR) is 139 cm³/mol. The molecule has 0 spiro atoms. The van der Waals surface area contributed by atoms with E-state index in [4.69, 9.17) is 0 Å². The molecule has 5 rings (SSSR count). The molecule has 7 nitrogen and oxygen atoms in total. The molecule has 0 unspecified atom stereocenters. The molecule has 9 heteroatoms. The second kappa shape index (κ2) is 9.69. The molecule has 1 aliphatic heterocycles. The number of hydrogen-bond donors (Lipinski definition) is 3. The Morgan fingerprint density at radius 2 is 1.88 bits per heavy atom. The lowest BCUT2D eigenvalue weighted by Crippen LogP contribution is -2.32. The number of thioether (sulfide) groups is 1. The zero-order chi connectivity index (χ0) is 23.5. The minimum absolute atomic E-state index is 0.225. The molecule has 0 bridgehead atoms. The van der Waals surface area contributed by atoms with Crippen LogP contribution in [0.3, 0.4) is 0 Å². The molecule has 0 radical (unpaired) electrons. The van der Waals surface area contributed by atoms with Gasteiger partial charge < -0.3 is 10.4 Å². The molecule has 34 heavy (non-hydrogen) atoms. The summed E-state index contributed by atoms with van der Waals surface area (Å²) in [6.07, 6.45) is 6.68. The van der Waals surface area contributed by atoms with Crippen molar-refractivity contribution in [3.63, 3.8) is 0 Å². The first-order valence-electron chi connectivity index (χ1n) is 11.2. The van der Waals surface area contributed by atoms with E-state index in [0.29, 0.717) is 25.2 Å². The minimum Gasteiger partial charge on any atom is -0.382 e. The van der Waals surface area contributed by atoms with Gasteiger partial charge in [0.15, 0.2) is 5.82 Å². The van der Waals surface area contributed by atoms with Crippen molar-refractivity contribution in [3.05, 3.63) is 60.8 Å². The lowest BCUT2D eigenvalue weighted by molar-refractivity contribution is 0.0190. The number of carbonyl (C=O) groups excluding carboxylic acids is 1. The van der Waals surface area contributed by atoms with E-state index in [-0.39, 0.29) is 6.03 Å². The molecule has 1 fully saturated rings. The van der Waals surface area contributed by atoms with Crippen molar-refractivity contribution in [3.8, 4) is 22.4 Å². The van der Waals surface area contributed by atoms with E-state index >= 15 is 0 Å². The van der Waals surface area contributed by atoms with Crippen molar-refractivity contribution in [2.45, 2.75) is 25.4 Å². The third-order valence-electron chi connectivity index (χ3n) is 5.85. The number of aromatic nitrogens is 3. The van der Waals surface area contributed by atoms with Crippen LogP contribution in [0.2, 0.25) is 0 Å². The third-order valence-corrected chi connectivity index (χ3v) is 7.94. The van der Waals surface area contributed by atoms with Gasteiger partial charge in [-0.25, -0.2) is 14.8 Å². The lowest BCUT2D eigenvalue weighted by Gasteiger charge is -2.30. The van der Waals surface area contributed by atoms with Gasteiger partial charge in [-0.3, -0.25) is 10.3 Å². The van der Waals surface area contributed by atoms with Crippen LogP contribution in [0.25, 0.3) is 32.5 Å². The van der Waals surface area contributed by atoms with E-state index in [0.717, 1.165) is 49.0 Å². The Kier molecular flexibility index (Phi) is 6.49. The molecule has 0 atom stereocenters. The van der Waals surface area contributed by atoms with Gasteiger partial charge in [0.2, 0.25) is 0 Å². The van der Waals surface area contributed by atoms with Crippen molar-refractivity contribution >= 4 is 44.2 Å². The van der Waals surface area contributed by atoms with Crippen LogP contribution in [-0.4, -0.2) is 44.1 Å². The molecule has 174 valence electrons. The standard InChI is InChI=1S/C25H25N5O2S2/c1-2-26-24(31)30-21-13-17-11-16(12-19(22(17)34-21)20-5-3-4-8-27-20)18-14-28-23(29-15-18)25(32)6-9-33-10-7-25/h3-5,8,11-15,32H,2,6-7,9-10H2,1H3,(H2,26,30,31). The van der Waals surface area contributed by atoms with Crippen LogP contribution in [0.1, 0.15) is 25.6 Å². The molecule has 3 aromatic heterocycles. The number of urea groups is 1. The maximum Gasteiger partial charge on any atom is 0.319 e. The van der Waals surface area contributed by atoms with E-state index < -0.39 is 5.60 Å². The van der Waals surface area contributed by atoms with Crippen molar-refractivity contribution in [1.29, 1.82) is 0 Å². The van der Waals surface area contributed by atoms with Crippen LogP contribution in [0, 0.1) is 0 Å². The number of anilines is 1. The summed E-state index contributed by atoms with van der Waals surface area (Å²) >= 11 is 3.37. The summed E-state index contributed by atoms with van der Waals surface area (Å²) in [5, 5.41) is 18.4. The molecule has 3 N–H and O–H groups in total. The minimum atomic E-state index is -0.945. The molecule has 2 amide bonds. The number of aliphatic hydroxyl groups is 1. The number of thiophene rings is 1. The first-order chi connectivity index (χ1) is 16.6. The average molecular weight is 492 g/mol. The fourth-order valence-corrected chi connectivity index (χ4v) is 6.29. The molecule has 0 saturated carbocycles. The highest BCUT2D eigenvalue weighted by Gasteiger charge is 2.34. The second-order valence-electron chi connectivity index (χ2n) is 8.19. The molecular weight excluding hydrogens is 466 g/mol. The number of nitrogens with one attached hydrogen (secondary N) is 2. The van der Waals surface area contributed by atoms with Gasteiger partial charge in [0.1, 0.15) is 5.60 Å². The van der Waals surface area contributed by atoms with Crippen molar-refractivity contribution in [2.75, 3.05) is 23.4 Å². The largest absolute Gasteiger partial charge is 0.382 e. The Morgan fingerprint density at radius 1 is 1.09 bits per heavy atom. The smallest absolute Gasteiger partial charge is 0.319 e. The average Bonchev–Trinajstić information content (AvgIpc) is 3.27. The molecule has 4 aromatic rings. The van der Waals surface area contributed by atoms with Crippen LogP contribution in [0.5, 0.6) is 0 Å². The number of nitrogens with zero attached hydrogens (tertiary/aromatic N) is 3. The number of hydrogen-bond acceptors (Lipinski definition) is 7. The third kappa shape index (κ3) is 4.64. The maximum absolute atomic E-state index is 12.1. The summed E-state index contributed by atoms with van der Waals surface area (Å²) in [6, 6.07) is 11.7. The van der Waals surface area contributed by atoms with Crippen molar-refractivity contribution in [1.82, 2.24) is 20.3 Å². The van der Waals surface area contributed by atoms with Gasteiger partial charge in [-0.15, -0.1) is 11.3 Å². The Balaban J connectivity index is 1.55. The van der Waals surface area contributed by atoms with Gasteiger partial charge in [0, 0.05) is 41.0 Å². The molecule has 1 saturated heterocycles. The van der Waals surface area contributed by atoms with E-state index in [1.165, 1.54) is 11.3 Å². The van der Waals surface area contributed by atoms with E-state index in [9.17, 15) is 9.90 Å². The highest BCUT2D eigenvalue weighted by atomic mass is 32.2. The van der Waals surface area contributed by atoms with E-state index in [1.807, 2.05) is 43.0 Å². The fraction of sp³-hybridized carbons (Fsp3) is 0.280. The van der Waals surface area contributed by atoms with Gasteiger partial charge in [0.25, 0.3) is 0 Å². The molecule has 1 aliphatic rings. The number of benzene rings is 1. The molecule has 0 aliphatic carbocycles. The van der Waals surface area contributed by atoms with Crippen LogP contribution in [0.15, 0.2) is 55.0 Å². The summed E-state index contributed by atoms with van der Waals surface area (Å²) in [7, 11) is 0. The van der Waals surface area contributed by atoms with E-state index in [2.05, 4.69) is 37.7 Å². The quantitative estimate of drug-likeness (QED) is 0.351. The monoisotopic (exact) mass is 491 g/mol. The topological polar surface area (TPSA) is 100 Å². The van der Waals surface area contributed by atoms with Gasteiger partial charge in [0.05, 0.1) is 10.7 Å². The zero-order valence-electron chi connectivity index (χ0n) is 18.7. The van der Waals surface area contributed by atoms with Crippen LogP contribution >= 0.6 is 23.1 Å². The number of pyridine rings is 1. The highest BCUT2D eigenvalue weighted by molar-refractivity contribution is 7.99. The Labute approximate surface area is 206 Å². The lowest BCUT2D eigenvalue weighted by atomic mass is 9.95. The zero-order valence-corrected chi connectivity index (χ0v) is 20.4. The fourth-order valence-electron chi connectivity index (χ4n) is 4.06. The highest BCUT2D eigenvalue weighted by Crippen LogP contribution is 2.40. The second-order valence-corrected chi connectivity index (χ2v) is 10.5. The van der Waals surface area contributed by atoms with Crippen LogP contribution in [0.4, 0.5) is 9.80 Å². The summed E-state index contributed by atoms with van der Waals surface area (Å²) in [6.45, 7) is 2.44. The Bertz CT molecular complexity index is 1300. The predicted octanol–water partition coefficient (Wildman–Crippen LogP) is 5.28. The van der Waals surface area contributed by atoms with Crippen LogP contribution in [-0.2, 0) is 5.60 Å². The number of carbonyl (C=O) groups is 1. The summed E-state index contributed by atoms with van der Waals surface area (Å²) < 4.78 is 1.04. The number of rotatable bonds is 5. The summed E-state index contributed by atoms with van der Waals surface area (Å²) in [5.74, 6) is 2.32. The van der Waals surface area contributed by atoms with Gasteiger partial charge in [-0.1, -0.05) is 6.07 Å². The van der Waals surface area contributed by atoms with Crippen molar-refractivity contribution in [2.24, 2.45) is 0 Å². The van der Waals surface area contributed by atoms with Gasteiger partial charge >= 0.3 is 6.03 Å². The number of fused-ring (bicyclic) bond motifs is 1.